The molecule has 200 valence electrons. The first-order valence-corrected chi connectivity index (χ1v) is 12.7. The van der Waals surface area contributed by atoms with E-state index in [1.807, 2.05) is 30.3 Å². The molecule has 0 radical (unpaired) electrons. The van der Waals surface area contributed by atoms with Crippen LogP contribution in [-0.2, 0) is 0 Å². The number of carbonyl (C=O) groups is 2. The first kappa shape index (κ1) is 26.9. The molecule has 0 unspecified atom stereocenters. The van der Waals surface area contributed by atoms with Gasteiger partial charge in [0.05, 0.1) is 29.4 Å². The average molecular weight is 576 g/mol. The van der Waals surface area contributed by atoms with E-state index in [0.717, 1.165) is 5.56 Å². The van der Waals surface area contributed by atoms with Gasteiger partial charge in [-0.3, -0.25) is 4.79 Å². The molecule has 40 heavy (non-hydrogen) atoms. The fourth-order valence-electron chi connectivity index (χ4n) is 4.14. The van der Waals surface area contributed by atoms with Gasteiger partial charge in [0.15, 0.2) is 11.5 Å². The van der Waals surface area contributed by atoms with Crippen molar-refractivity contribution in [3.63, 3.8) is 0 Å². The highest BCUT2D eigenvalue weighted by Gasteiger charge is 2.21. The molecule has 5 rings (SSSR count). The number of fused-ring (bicyclic) bond motifs is 1. The molecule has 0 aliphatic carbocycles. The van der Waals surface area contributed by atoms with Crippen molar-refractivity contribution < 1.29 is 23.5 Å². The molecule has 0 aliphatic heterocycles. The van der Waals surface area contributed by atoms with Crippen molar-refractivity contribution in [2.45, 2.75) is 0 Å². The second kappa shape index (κ2) is 11.6. The van der Waals surface area contributed by atoms with Gasteiger partial charge >= 0.3 is 5.97 Å². The molecule has 0 saturated carbocycles. The van der Waals surface area contributed by atoms with E-state index in [1.165, 1.54) is 43.7 Å². The van der Waals surface area contributed by atoms with Gasteiger partial charge in [0.2, 0.25) is 0 Å². The van der Waals surface area contributed by atoms with Crippen molar-refractivity contribution in [2.75, 3.05) is 7.11 Å². The Bertz CT molecular complexity index is 1770. The van der Waals surface area contributed by atoms with Crippen LogP contribution in [0.1, 0.15) is 26.4 Å². The monoisotopic (exact) mass is 575 g/mol. The molecule has 0 fully saturated rings. The summed E-state index contributed by atoms with van der Waals surface area (Å²) in [5.74, 6) is -1.29. The van der Waals surface area contributed by atoms with E-state index in [0.29, 0.717) is 21.5 Å². The maximum absolute atomic E-state index is 14.5. The average Bonchev–Trinajstić information content (AvgIpc) is 3.35. The maximum Gasteiger partial charge on any atom is 0.345 e. The van der Waals surface area contributed by atoms with Crippen molar-refractivity contribution in [3.05, 3.63) is 118 Å². The van der Waals surface area contributed by atoms with Gasteiger partial charge in [-0.1, -0.05) is 65.7 Å². The highest BCUT2D eigenvalue weighted by atomic mass is 35.5. The highest BCUT2D eigenvalue weighted by Crippen LogP contribution is 2.34. The maximum atomic E-state index is 14.5. The van der Waals surface area contributed by atoms with Crippen molar-refractivity contribution in [1.29, 1.82) is 0 Å². The van der Waals surface area contributed by atoms with E-state index in [9.17, 15) is 14.0 Å². The number of nitrogens with zero attached hydrogens (tertiary/aromatic N) is 1. The number of rotatable bonds is 7. The number of methoxy groups -OCH3 is 1. The normalized spacial score (nSPS) is 11.1. The molecule has 5 aromatic rings. The van der Waals surface area contributed by atoms with Crippen LogP contribution in [0.3, 0.4) is 0 Å². The molecule has 0 bridgehead atoms. The quantitative estimate of drug-likeness (QED) is 0.0923. The minimum atomic E-state index is -0.683. The van der Waals surface area contributed by atoms with Gasteiger partial charge in [-0.2, -0.15) is 5.10 Å². The number of H-pyrrole nitrogens is 1. The zero-order valence-electron chi connectivity index (χ0n) is 20.9. The number of aromatic nitrogens is 1. The first-order valence-electron chi connectivity index (χ1n) is 11.9. The molecular formula is C30H20Cl2FN3O4. The zero-order chi connectivity index (χ0) is 28.2. The van der Waals surface area contributed by atoms with Crippen LogP contribution < -0.4 is 14.9 Å². The summed E-state index contributed by atoms with van der Waals surface area (Å²) in [6.45, 7) is 0. The van der Waals surface area contributed by atoms with Gasteiger partial charge in [-0.15, -0.1) is 0 Å². The number of ether oxygens (including phenoxy) is 2. The minimum Gasteiger partial charge on any atom is -0.493 e. The van der Waals surface area contributed by atoms with E-state index in [4.69, 9.17) is 32.7 Å². The molecule has 0 saturated heterocycles. The van der Waals surface area contributed by atoms with Crippen LogP contribution in [0.2, 0.25) is 10.0 Å². The molecule has 0 atom stereocenters. The smallest absolute Gasteiger partial charge is 0.345 e. The van der Waals surface area contributed by atoms with Crippen LogP contribution in [0.15, 0.2) is 90.0 Å². The Morgan fingerprint density at radius 2 is 1.75 bits per heavy atom. The molecule has 10 heteroatoms. The summed E-state index contributed by atoms with van der Waals surface area (Å²) in [6, 6.07) is 23.1. The molecule has 1 aromatic heterocycles. The third kappa shape index (κ3) is 5.54. The van der Waals surface area contributed by atoms with Crippen molar-refractivity contribution >= 4 is 52.2 Å². The molecule has 0 spiro atoms. The second-order valence-corrected chi connectivity index (χ2v) is 9.37. The Kier molecular flexibility index (Phi) is 7.82. The molecule has 1 heterocycles. The molecule has 7 nitrogen and oxygen atoms in total. The number of halogens is 3. The highest BCUT2D eigenvalue weighted by molar-refractivity contribution is 6.36. The lowest BCUT2D eigenvalue weighted by molar-refractivity contribution is 0.0729. The Morgan fingerprint density at radius 3 is 2.50 bits per heavy atom. The van der Waals surface area contributed by atoms with Crippen molar-refractivity contribution in [1.82, 2.24) is 10.4 Å². The number of para-hydroxylation sites is 1. The molecule has 2 N–H and O–H groups in total. The van der Waals surface area contributed by atoms with Gasteiger partial charge < -0.3 is 14.5 Å². The topological polar surface area (TPSA) is 92.8 Å². The summed E-state index contributed by atoms with van der Waals surface area (Å²) in [7, 11) is 1.42. The number of aromatic amines is 1. The predicted octanol–water partition coefficient (Wildman–Crippen LogP) is 7.27. The van der Waals surface area contributed by atoms with Gasteiger partial charge in [-0.05, 0) is 53.6 Å². The number of hydrogen-bond acceptors (Lipinski definition) is 5. The van der Waals surface area contributed by atoms with Crippen molar-refractivity contribution in [2.24, 2.45) is 5.10 Å². The van der Waals surface area contributed by atoms with Gasteiger partial charge in [0.1, 0.15) is 11.5 Å². The van der Waals surface area contributed by atoms with E-state index in [1.54, 1.807) is 24.3 Å². The zero-order valence-corrected chi connectivity index (χ0v) is 22.4. The fraction of sp³-hybridized carbons (Fsp3) is 0.0333. The number of carbonyl (C=O) groups excluding carboxylic acids is 2. The first-order chi connectivity index (χ1) is 19.4. The minimum absolute atomic E-state index is 0.146. The molecular weight excluding hydrogens is 556 g/mol. The van der Waals surface area contributed by atoms with Gasteiger partial charge in [-0.25, -0.2) is 14.6 Å². The number of esters is 1. The van der Waals surface area contributed by atoms with E-state index < -0.39 is 17.7 Å². The molecule has 0 aliphatic rings. The van der Waals surface area contributed by atoms with Crippen molar-refractivity contribution in [3.8, 4) is 22.6 Å². The lowest BCUT2D eigenvalue weighted by Crippen LogP contribution is -2.19. The van der Waals surface area contributed by atoms with Crippen LogP contribution in [0, 0.1) is 5.82 Å². The van der Waals surface area contributed by atoms with E-state index in [2.05, 4.69) is 15.5 Å². The SMILES string of the molecule is COc1cc(C=NNC(=O)c2[nH]c3c(F)cccc3c2-c2ccccc2)ccc1OC(=O)c1ccc(Cl)cc1Cl. The van der Waals surface area contributed by atoms with Crippen LogP contribution in [-0.4, -0.2) is 30.2 Å². The summed E-state index contributed by atoms with van der Waals surface area (Å²) in [5.41, 5.74) is 4.89. The Hall–Kier alpha value is -4.66. The summed E-state index contributed by atoms with van der Waals surface area (Å²) in [4.78, 5) is 28.6. The number of amides is 1. The number of hydrogen-bond donors (Lipinski definition) is 2. The fourth-order valence-corrected chi connectivity index (χ4v) is 4.62. The number of nitrogens with one attached hydrogen (secondary N) is 2. The van der Waals surface area contributed by atoms with Gasteiger partial charge in [0, 0.05) is 16.0 Å². The lowest BCUT2D eigenvalue weighted by atomic mass is 10.0. The summed E-state index contributed by atoms with van der Waals surface area (Å²) < 4.78 is 25.3. The predicted molar refractivity (Wildman–Crippen MR) is 153 cm³/mol. The van der Waals surface area contributed by atoms with Crippen LogP contribution in [0.5, 0.6) is 11.5 Å². The third-order valence-corrected chi connectivity index (χ3v) is 6.54. The third-order valence-electron chi connectivity index (χ3n) is 5.99. The Morgan fingerprint density at radius 1 is 0.950 bits per heavy atom. The van der Waals surface area contributed by atoms with Gasteiger partial charge in [0.25, 0.3) is 5.91 Å². The summed E-state index contributed by atoms with van der Waals surface area (Å²) in [6.07, 6.45) is 1.40. The largest absolute Gasteiger partial charge is 0.493 e. The molecule has 1 amide bonds. The summed E-state index contributed by atoms with van der Waals surface area (Å²) >= 11 is 12.0. The summed E-state index contributed by atoms with van der Waals surface area (Å²) in [5, 5.41) is 5.17. The van der Waals surface area contributed by atoms with Crippen LogP contribution in [0.25, 0.3) is 22.0 Å². The Labute approximate surface area is 238 Å². The van der Waals surface area contributed by atoms with Crippen LogP contribution >= 0.6 is 23.2 Å². The van der Waals surface area contributed by atoms with Crippen LogP contribution in [0.4, 0.5) is 4.39 Å². The second-order valence-electron chi connectivity index (χ2n) is 8.53. The van der Waals surface area contributed by atoms with E-state index >= 15 is 0 Å². The number of benzene rings is 4. The molecule has 4 aromatic carbocycles. The number of hydrazone groups is 1. The Balaban J connectivity index is 1.35. The lowest BCUT2D eigenvalue weighted by Gasteiger charge is -2.10. The standard InChI is InChI=1S/C30H20Cl2FN3O4/c1-39-25-14-17(10-13-24(25)40-30(38)20-12-11-19(31)15-22(20)32)16-34-36-29(37)28-26(18-6-3-2-4-7-18)21-8-5-9-23(33)27(21)35-28/h2-16,35H,1H3,(H,36,37). The van der Waals surface area contributed by atoms with E-state index in [-0.39, 0.29) is 33.3 Å².